The maximum Gasteiger partial charge on any atom is 0.251 e. The number of hydrogen-bond acceptors (Lipinski definition) is 4. The number of nitrogens with one attached hydrogen (secondary N) is 1. The average Bonchev–Trinajstić information content (AvgIpc) is 2.92. The normalized spacial score (nSPS) is 10.4. The molecule has 0 saturated carbocycles. The van der Waals surface area contributed by atoms with Crippen molar-refractivity contribution in [1.82, 2.24) is 5.32 Å². The van der Waals surface area contributed by atoms with Crippen LogP contribution in [0.1, 0.15) is 22.2 Å². The summed E-state index contributed by atoms with van der Waals surface area (Å²) in [4.78, 5) is 13.3. The van der Waals surface area contributed by atoms with Crippen LogP contribution >= 0.6 is 38.9 Å². The quantitative estimate of drug-likeness (QED) is 0.771. The van der Waals surface area contributed by atoms with Gasteiger partial charge in [-0.2, -0.15) is 0 Å². The van der Waals surface area contributed by atoms with Gasteiger partial charge < -0.3 is 14.8 Å². The molecule has 1 N–H and O–H groups in total. The molecule has 0 fully saturated rings. The highest BCUT2D eigenvalue weighted by molar-refractivity contribution is 9.10. The molecule has 1 heterocycles. The highest BCUT2D eigenvalue weighted by Crippen LogP contribution is 2.36. The van der Waals surface area contributed by atoms with E-state index in [2.05, 4.69) is 21.2 Å². The van der Waals surface area contributed by atoms with Crippen molar-refractivity contribution >= 4 is 44.8 Å². The second-order valence-corrected chi connectivity index (χ2v) is 6.66. The highest BCUT2D eigenvalue weighted by atomic mass is 79.9. The number of methoxy groups -OCH3 is 1. The zero-order chi connectivity index (χ0) is 16.1. The molecule has 0 aliphatic rings. The van der Waals surface area contributed by atoms with Gasteiger partial charge in [-0.3, -0.25) is 4.79 Å². The number of halogens is 2. The molecule has 1 aromatic heterocycles. The summed E-state index contributed by atoms with van der Waals surface area (Å²) in [5, 5.41) is 5.18. The van der Waals surface area contributed by atoms with E-state index in [1.807, 2.05) is 18.4 Å². The van der Waals surface area contributed by atoms with E-state index < -0.39 is 0 Å². The molecule has 0 unspecified atom stereocenters. The second-order valence-electron chi connectivity index (χ2n) is 4.34. The molecule has 22 heavy (non-hydrogen) atoms. The van der Waals surface area contributed by atoms with E-state index in [1.54, 1.807) is 23.5 Å². The highest BCUT2D eigenvalue weighted by Gasteiger charge is 2.15. The van der Waals surface area contributed by atoms with Crippen molar-refractivity contribution in [1.29, 1.82) is 0 Å². The van der Waals surface area contributed by atoms with Crippen LogP contribution in [0.25, 0.3) is 0 Å². The summed E-state index contributed by atoms with van der Waals surface area (Å²) >= 11 is 11.1. The first-order valence-corrected chi connectivity index (χ1v) is 8.61. The van der Waals surface area contributed by atoms with E-state index >= 15 is 0 Å². The number of amides is 1. The van der Waals surface area contributed by atoms with Crippen LogP contribution in [0.4, 0.5) is 0 Å². The molecule has 2 rings (SSSR count). The van der Waals surface area contributed by atoms with Crippen molar-refractivity contribution < 1.29 is 14.3 Å². The molecule has 0 aliphatic heterocycles. The zero-order valence-electron chi connectivity index (χ0n) is 12.1. The number of carbonyl (C=O) groups is 1. The molecule has 1 aromatic carbocycles. The third kappa shape index (κ3) is 4.15. The lowest BCUT2D eigenvalue weighted by molar-refractivity contribution is 0.0951. The van der Waals surface area contributed by atoms with E-state index in [4.69, 9.17) is 21.1 Å². The fraction of sp³-hybridized carbons (Fsp3) is 0.267. The molecule has 1 amide bonds. The maximum absolute atomic E-state index is 12.2. The maximum atomic E-state index is 12.2. The van der Waals surface area contributed by atoms with Gasteiger partial charge >= 0.3 is 0 Å². The fourth-order valence-electron chi connectivity index (χ4n) is 1.85. The van der Waals surface area contributed by atoms with Gasteiger partial charge in [0.2, 0.25) is 0 Å². The molecule has 0 aliphatic carbocycles. The second kappa shape index (κ2) is 7.85. The summed E-state index contributed by atoms with van der Waals surface area (Å²) in [6.45, 7) is 2.78. The first-order valence-electron chi connectivity index (χ1n) is 6.56. The van der Waals surface area contributed by atoms with E-state index in [9.17, 15) is 4.79 Å². The predicted molar refractivity (Wildman–Crippen MR) is 92.4 cm³/mol. The number of hydrogen-bond donors (Lipinski definition) is 1. The van der Waals surface area contributed by atoms with Gasteiger partial charge in [-0.1, -0.05) is 11.6 Å². The first-order chi connectivity index (χ1) is 10.5. The fourth-order valence-corrected chi connectivity index (χ4v) is 3.51. The van der Waals surface area contributed by atoms with Gasteiger partial charge in [0.1, 0.15) is 0 Å². The number of rotatable bonds is 6. The Morgan fingerprint density at radius 2 is 2.18 bits per heavy atom. The van der Waals surface area contributed by atoms with Crippen LogP contribution in [0.15, 0.2) is 28.1 Å². The summed E-state index contributed by atoms with van der Waals surface area (Å²) in [7, 11) is 1.51. The standard InChI is InChI=1S/C15H15BrClNO3S/c1-3-21-14-12(17)4-9(5-13(14)20-2)15(19)18-7-11-6-10(16)8-22-11/h4-6,8H,3,7H2,1-2H3,(H,18,19). The van der Waals surface area contributed by atoms with Crippen LogP contribution in [-0.2, 0) is 6.54 Å². The van der Waals surface area contributed by atoms with Crippen molar-refractivity contribution in [3.05, 3.63) is 43.5 Å². The smallest absolute Gasteiger partial charge is 0.251 e. The molecule has 0 bridgehead atoms. The SMILES string of the molecule is CCOc1c(Cl)cc(C(=O)NCc2cc(Br)cs2)cc1OC. The molecule has 0 saturated heterocycles. The van der Waals surface area contributed by atoms with Crippen molar-refractivity contribution in [3.8, 4) is 11.5 Å². The van der Waals surface area contributed by atoms with Crippen molar-refractivity contribution in [2.45, 2.75) is 13.5 Å². The summed E-state index contributed by atoms with van der Waals surface area (Å²) in [6.07, 6.45) is 0. The van der Waals surface area contributed by atoms with Crippen molar-refractivity contribution in [2.75, 3.05) is 13.7 Å². The Kier molecular flexibility index (Phi) is 6.11. The minimum atomic E-state index is -0.215. The molecular weight excluding hydrogens is 390 g/mol. The lowest BCUT2D eigenvalue weighted by Gasteiger charge is -2.13. The summed E-state index contributed by atoms with van der Waals surface area (Å²) in [6, 6.07) is 5.17. The Labute approximate surface area is 146 Å². The molecule has 0 atom stereocenters. The Morgan fingerprint density at radius 1 is 1.41 bits per heavy atom. The molecular formula is C15H15BrClNO3S. The van der Waals surface area contributed by atoms with E-state index in [1.165, 1.54) is 7.11 Å². The Bertz CT molecular complexity index is 675. The number of carbonyl (C=O) groups excluding carboxylic acids is 1. The molecule has 4 nitrogen and oxygen atoms in total. The van der Waals surface area contributed by atoms with E-state index in [-0.39, 0.29) is 5.91 Å². The van der Waals surface area contributed by atoms with Gasteiger partial charge in [0, 0.05) is 20.3 Å². The van der Waals surface area contributed by atoms with Crippen LogP contribution in [0.2, 0.25) is 5.02 Å². The monoisotopic (exact) mass is 403 g/mol. The molecule has 118 valence electrons. The number of ether oxygens (including phenoxy) is 2. The van der Waals surface area contributed by atoms with Gasteiger partial charge in [-0.25, -0.2) is 0 Å². The van der Waals surface area contributed by atoms with Crippen molar-refractivity contribution in [3.63, 3.8) is 0 Å². The van der Waals surface area contributed by atoms with Crippen LogP contribution in [0.3, 0.4) is 0 Å². The van der Waals surface area contributed by atoms with Crippen LogP contribution in [0.5, 0.6) is 11.5 Å². The van der Waals surface area contributed by atoms with Crippen LogP contribution in [0, 0.1) is 0 Å². The predicted octanol–water partition coefficient (Wildman–Crippen LogP) is 4.50. The van der Waals surface area contributed by atoms with Crippen molar-refractivity contribution in [2.24, 2.45) is 0 Å². The van der Waals surface area contributed by atoms with Gasteiger partial charge in [-0.05, 0) is 41.1 Å². The molecule has 0 radical (unpaired) electrons. The summed E-state index contributed by atoms with van der Waals surface area (Å²) in [5.41, 5.74) is 0.431. The Balaban J connectivity index is 2.13. The van der Waals surface area contributed by atoms with E-state index in [0.29, 0.717) is 35.2 Å². The van der Waals surface area contributed by atoms with Gasteiger partial charge in [0.15, 0.2) is 11.5 Å². The third-order valence-electron chi connectivity index (χ3n) is 2.83. The van der Waals surface area contributed by atoms with Gasteiger partial charge in [0.05, 0.1) is 25.3 Å². The van der Waals surface area contributed by atoms with Gasteiger partial charge in [-0.15, -0.1) is 11.3 Å². The first kappa shape index (κ1) is 17.1. The third-order valence-corrected chi connectivity index (χ3v) is 4.80. The summed E-state index contributed by atoms with van der Waals surface area (Å²) in [5.74, 6) is 0.677. The molecule has 0 spiro atoms. The average molecular weight is 405 g/mol. The topological polar surface area (TPSA) is 47.6 Å². The van der Waals surface area contributed by atoms with Crippen LogP contribution < -0.4 is 14.8 Å². The molecule has 2 aromatic rings. The zero-order valence-corrected chi connectivity index (χ0v) is 15.3. The lowest BCUT2D eigenvalue weighted by Crippen LogP contribution is -2.22. The number of benzene rings is 1. The minimum Gasteiger partial charge on any atom is -0.493 e. The van der Waals surface area contributed by atoms with E-state index in [0.717, 1.165) is 9.35 Å². The Morgan fingerprint density at radius 3 is 2.77 bits per heavy atom. The van der Waals surface area contributed by atoms with Gasteiger partial charge in [0.25, 0.3) is 5.91 Å². The summed E-state index contributed by atoms with van der Waals surface area (Å²) < 4.78 is 11.7. The largest absolute Gasteiger partial charge is 0.493 e. The Hall–Kier alpha value is -1.24. The minimum absolute atomic E-state index is 0.215. The molecule has 7 heteroatoms. The van der Waals surface area contributed by atoms with Crippen LogP contribution in [-0.4, -0.2) is 19.6 Å². The lowest BCUT2D eigenvalue weighted by atomic mass is 10.2. The number of thiophene rings is 1.